The number of rotatable bonds is 6. The lowest BCUT2D eigenvalue weighted by Crippen LogP contribution is -2.39. The van der Waals surface area contributed by atoms with Gasteiger partial charge in [-0.2, -0.15) is 0 Å². The highest BCUT2D eigenvalue weighted by Crippen LogP contribution is 2.28. The van der Waals surface area contributed by atoms with E-state index in [0.29, 0.717) is 32.2 Å². The Balaban J connectivity index is 1.74. The standard InChI is InChI=1S/C16H28N2O3/c1-12(2)21-9-8-17-16(20)13-10-15(19)18(11-13)14-6-4-3-5-7-14/h12-14H,3-11H2,1-2H3,(H,17,20). The van der Waals surface area contributed by atoms with Crippen LogP contribution in [0.1, 0.15) is 52.4 Å². The fourth-order valence-corrected chi connectivity index (χ4v) is 3.27. The Bertz CT molecular complexity index is 365. The lowest BCUT2D eigenvalue weighted by Gasteiger charge is -2.31. The van der Waals surface area contributed by atoms with Crippen molar-refractivity contribution in [1.82, 2.24) is 10.2 Å². The molecule has 1 N–H and O–H groups in total. The maximum atomic E-state index is 12.1. The molecule has 1 saturated heterocycles. The van der Waals surface area contributed by atoms with Crippen molar-refractivity contribution in [3.8, 4) is 0 Å². The fraction of sp³-hybridized carbons (Fsp3) is 0.875. The lowest BCUT2D eigenvalue weighted by atomic mass is 9.94. The van der Waals surface area contributed by atoms with Gasteiger partial charge in [-0.1, -0.05) is 19.3 Å². The first-order valence-electron chi connectivity index (χ1n) is 8.26. The summed E-state index contributed by atoms with van der Waals surface area (Å²) in [6.07, 6.45) is 6.43. The molecule has 2 aliphatic rings. The maximum Gasteiger partial charge on any atom is 0.225 e. The summed E-state index contributed by atoms with van der Waals surface area (Å²) in [5, 5.41) is 2.88. The molecule has 1 atom stereocenters. The van der Waals surface area contributed by atoms with Crippen LogP contribution in [0.5, 0.6) is 0 Å². The SMILES string of the molecule is CC(C)OCCNC(=O)C1CC(=O)N(C2CCCCC2)C1. The Hall–Kier alpha value is -1.10. The third-order valence-electron chi connectivity index (χ3n) is 4.40. The summed E-state index contributed by atoms with van der Waals surface area (Å²) in [4.78, 5) is 26.2. The van der Waals surface area contributed by atoms with Gasteiger partial charge in [-0.25, -0.2) is 0 Å². The molecule has 1 heterocycles. The average molecular weight is 296 g/mol. The van der Waals surface area contributed by atoms with Crippen LogP contribution in [0.15, 0.2) is 0 Å². The highest BCUT2D eigenvalue weighted by atomic mass is 16.5. The van der Waals surface area contributed by atoms with Crippen LogP contribution in [0.4, 0.5) is 0 Å². The van der Waals surface area contributed by atoms with Gasteiger partial charge >= 0.3 is 0 Å². The van der Waals surface area contributed by atoms with Crippen molar-refractivity contribution >= 4 is 11.8 Å². The van der Waals surface area contributed by atoms with E-state index in [-0.39, 0.29) is 23.8 Å². The van der Waals surface area contributed by atoms with Gasteiger partial charge in [0.15, 0.2) is 0 Å². The molecule has 1 aliphatic heterocycles. The molecule has 2 fully saturated rings. The van der Waals surface area contributed by atoms with Crippen molar-refractivity contribution in [2.45, 2.75) is 64.5 Å². The van der Waals surface area contributed by atoms with Crippen molar-refractivity contribution in [3.05, 3.63) is 0 Å². The molecule has 0 aromatic rings. The first-order chi connectivity index (χ1) is 10.1. The smallest absolute Gasteiger partial charge is 0.225 e. The van der Waals surface area contributed by atoms with Gasteiger partial charge in [-0.05, 0) is 26.7 Å². The minimum atomic E-state index is -0.182. The second-order valence-corrected chi connectivity index (χ2v) is 6.45. The van der Waals surface area contributed by atoms with Gasteiger partial charge < -0.3 is 15.0 Å². The van der Waals surface area contributed by atoms with Crippen LogP contribution in [0.25, 0.3) is 0 Å². The summed E-state index contributed by atoms with van der Waals surface area (Å²) in [5.74, 6) is -0.0343. The second kappa shape index (κ2) is 7.78. The number of likely N-dealkylation sites (tertiary alicyclic amines) is 1. The van der Waals surface area contributed by atoms with Crippen molar-refractivity contribution < 1.29 is 14.3 Å². The lowest BCUT2D eigenvalue weighted by molar-refractivity contribution is -0.130. The summed E-state index contributed by atoms with van der Waals surface area (Å²) in [5.41, 5.74) is 0. The third-order valence-corrected chi connectivity index (χ3v) is 4.40. The first kappa shape index (κ1) is 16.3. The van der Waals surface area contributed by atoms with E-state index in [2.05, 4.69) is 5.32 Å². The third kappa shape index (κ3) is 4.70. The van der Waals surface area contributed by atoms with Gasteiger partial charge in [0.25, 0.3) is 0 Å². The molecule has 0 spiro atoms. The summed E-state index contributed by atoms with van der Waals surface area (Å²) < 4.78 is 5.40. The minimum Gasteiger partial charge on any atom is -0.377 e. The molecule has 0 radical (unpaired) electrons. The fourth-order valence-electron chi connectivity index (χ4n) is 3.27. The number of hydrogen-bond acceptors (Lipinski definition) is 3. The molecular formula is C16H28N2O3. The van der Waals surface area contributed by atoms with E-state index in [1.165, 1.54) is 19.3 Å². The molecule has 21 heavy (non-hydrogen) atoms. The van der Waals surface area contributed by atoms with E-state index < -0.39 is 0 Å². The molecule has 5 nitrogen and oxygen atoms in total. The Morgan fingerprint density at radius 1 is 1.33 bits per heavy atom. The van der Waals surface area contributed by atoms with E-state index in [1.54, 1.807) is 0 Å². The number of hydrogen-bond donors (Lipinski definition) is 1. The first-order valence-corrected chi connectivity index (χ1v) is 8.26. The predicted octanol–water partition coefficient (Wildman–Crippen LogP) is 1.71. The number of ether oxygens (including phenoxy) is 1. The van der Waals surface area contributed by atoms with Crippen molar-refractivity contribution in [3.63, 3.8) is 0 Å². The van der Waals surface area contributed by atoms with Crippen LogP contribution < -0.4 is 5.32 Å². The van der Waals surface area contributed by atoms with Gasteiger partial charge in [0.1, 0.15) is 0 Å². The van der Waals surface area contributed by atoms with E-state index in [9.17, 15) is 9.59 Å². The molecule has 0 bridgehead atoms. The summed E-state index contributed by atoms with van der Waals surface area (Å²) in [7, 11) is 0. The summed E-state index contributed by atoms with van der Waals surface area (Å²) >= 11 is 0. The largest absolute Gasteiger partial charge is 0.377 e. The number of carbonyl (C=O) groups is 2. The van der Waals surface area contributed by atoms with Crippen molar-refractivity contribution in [2.75, 3.05) is 19.7 Å². The molecule has 1 saturated carbocycles. The number of amides is 2. The molecule has 0 aromatic carbocycles. The summed E-state index contributed by atoms with van der Waals surface area (Å²) in [6, 6.07) is 0.369. The average Bonchev–Trinajstić information content (AvgIpc) is 2.86. The van der Waals surface area contributed by atoms with Crippen molar-refractivity contribution in [2.24, 2.45) is 5.92 Å². The van der Waals surface area contributed by atoms with E-state index in [4.69, 9.17) is 4.74 Å². The van der Waals surface area contributed by atoms with E-state index in [1.807, 2.05) is 18.7 Å². The molecule has 2 rings (SSSR count). The van der Waals surface area contributed by atoms with Crippen LogP contribution in [-0.4, -0.2) is 48.6 Å². The summed E-state index contributed by atoms with van der Waals surface area (Å²) in [6.45, 7) is 5.58. The zero-order valence-electron chi connectivity index (χ0n) is 13.3. The minimum absolute atomic E-state index is 0.00554. The predicted molar refractivity (Wildman–Crippen MR) is 80.8 cm³/mol. The molecule has 0 aromatic heterocycles. The van der Waals surface area contributed by atoms with Gasteiger partial charge in [0, 0.05) is 25.6 Å². The molecular weight excluding hydrogens is 268 g/mol. The van der Waals surface area contributed by atoms with Gasteiger partial charge in [0.2, 0.25) is 11.8 Å². The van der Waals surface area contributed by atoms with Crippen molar-refractivity contribution in [1.29, 1.82) is 0 Å². The number of carbonyl (C=O) groups excluding carboxylic acids is 2. The van der Waals surface area contributed by atoms with Crippen LogP contribution in [-0.2, 0) is 14.3 Å². The number of nitrogens with zero attached hydrogens (tertiary/aromatic N) is 1. The molecule has 5 heteroatoms. The van der Waals surface area contributed by atoms with Gasteiger partial charge in [-0.15, -0.1) is 0 Å². The van der Waals surface area contributed by atoms with Gasteiger partial charge in [0.05, 0.1) is 18.6 Å². The normalized spacial score (nSPS) is 23.9. The Morgan fingerprint density at radius 3 is 2.71 bits per heavy atom. The monoisotopic (exact) mass is 296 g/mol. The van der Waals surface area contributed by atoms with E-state index in [0.717, 1.165) is 12.8 Å². The Morgan fingerprint density at radius 2 is 2.05 bits per heavy atom. The molecule has 120 valence electrons. The zero-order valence-corrected chi connectivity index (χ0v) is 13.3. The Kier molecular flexibility index (Phi) is 6.03. The maximum absolute atomic E-state index is 12.1. The Labute approximate surface area is 127 Å². The van der Waals surface area contributed by atoms with Crippen LogP contribution in [0.3, 0.4) is 0 Å². The quantitative estimate of drug-likeness (QED) is 0.759. The number of nitrogens with one attached hydrogen (secondary N) is 1. The van der Waals surface area contributed by atoms with Crippen LogP contribution in [0, 0.1) is 5.92 Å². The highest BCUT2D eigenvalue weighted by Gasteiger charge is 2.37. The van der Waals surface area contributed by atoms with E-state index >= 15 is 0 Å². The highest BCUT2D eigenvalue weighted by molar-refractivity contribution is 5.89. The topological polar surface area (TPSA) is 58.6 Å². The van der Waals surface area contributed by atoms with Gasteiger partial charge in [-0.3, -0.25) is 9.59 Å². The van der Waals surface area contributed by atoms with Crippen LogP contribution >= 0.6 is 0 Å². The molecule has 1 unspecified atom stereocenters. The molecule has 2 amide bonds. The van der Waals surface area contributed by atoms with Crippen LogP contribution in [0.2, 0.25) is 0 Å². The zero-order chi connectivity index (χ0) is 15.2. The second-order valence-electron chi connectivity index (χ2n) is 6.45. The molecule has 1 aliphatic carbocycles.